The number of carbonyl (C=O) groups is 1. The van der Waals surface area contributed by atoms with Gasteiger partial charge in [0.15, 0.2) is 0 Å². The molecule has 2 aliphatic heterocycles. The average Bonchev–Trinajstić information content (AvgIpc) is 3.12. The van der Waals surface area contributed by atoms with Gasteiger partial charge in [0, 0.05) is 63.5 Å². The van der Waals surface area contributed by atoms with Crippen LogP contribution in [-0.4, -0.2) is 101 Å². The number of rotatable bonds is 13. The van der Waals surface area contributed by atoms with Gasteiger partial charge < -0.3 is 14.4 Å². The second kappa shape index (κ2) is 18.0. The molecule has 5 rings (SSSR count). The molecule has 1 amide bonds. The number of allylic oxidation sites excluding steroid dienone is 1. The van der Waals surface area contributed by atoms with Crippen LogP contribution in [0.1, 0.15) is 74.4 Å². The van der Waals surface area contributed by atoms with Crippen LogP contribution in [0.25, 0.3) is 0 Å². The quantitative estimate of drug-likeness (QED) is 0.223. The number of ether oxygens (including phenoxy) is 2. The Morgan fingerprint density at radius 3 is 2.46 bits per heavy atom. The molecule has 1 N–H and O–H groups in total. The number of amides is 1. The zero-order valence-corrected chi connectivity index (χ0v) is 32.5. The lowest BCUT2D eigenvalue weighted by Gasteiger charge is -2.52. The number of carbonyl (C=O) groups excluding carboxylic acids is 1. The summed E-state index contributed by atoms with van der Waals surface area (Å²) >= 11 is 6.37. The Kier molecular flexibility index (Phi) is 14.0. The van der Waals surface area contributed by atoms with Crippen LogP contribution < -0.4 is 14.4 Å². The zero-order valence-electron chi connectivity index (χ0n) is 31.0. The summed E-state index contributed by atoms with van der Waals surface area (Å²) in [4.78, 5) is 19.8. The van der Waals surface area contributed by atoms with Crippen molar-refractivity contribution in [1.29, 1.82) is 0 Å². The minimum Gasteiger partial charge on any atom is -0.487 e. The number of aryl methyl sites for hydroxylation is 1. The fraction of sp³-hybridized carbons (Fsp3) is 0.615. The third-order valence-electron chi connectivity index (χ3n) is 10.9. The number of methoxy groups -OCH3 is 1. The molecule has 0 bridgehead atoms. The first kappa shape index (κ1) is 40.4. The predicted octanol–water partition coefficient (Wildman–Crippen LogP) is 6.79. The van der Waals surface area contributed by atoms with Crippen molar-refractivity contribution in [3.63, 3.8) is 0 Å². The molecule has 9 nitrogen and oxygen atoms in total. The minimum atomic E-state index is -3.83. The summed E-state index contributed by atoms with van der Waals surface area (Å²) in [5, 5.41) is -0.0717. The molecule has 52 heavy (non-hydrogen) atoms. The summed E-state index contributed by atoms with van der Waals surface area (Å²) in [6, 6.07) is 11.0. The predicted molar refractivity (Wildman–Crippen MR) is 203 cm³/mol. The second-order valence-corrected chi connectivity index (χ2v) is 17.4. The van der Waals surface area contributed by atoms with Crippen LogP contribution in [0.3, 0.4) is 0 Å². The number of alkyl halides is 2. The molecule has 288 valence electrons. The van der Waals surface area contributed by atoms with Gasteiger partial charge in [0.05, 0.1) is 17.5 Å². The van der Waals surface area contributed by atoms with Gasteiger partial charge in [-0.15, -0.1) is 0 Å². The highest BCUT2D eigenvalue weighted by atomic mass is 35.5. The van der Waals surface area contributed by atoms with Crippen LogP contribution in [-0.2, 0) is 27.8 Å². The van der Waals surface area contributed by atoms with Crippen LogP contribution in [0.15, 0.2) is 48.6 Å². The van der Waals surface area contributed by atoms with E-state index in [2.05, 4.69) is 33.6 Å². The van der Waals surface area contributed by atoms with Crippen molar-refractivity contribution in [3.05, 3.63) is 70.3 Å². The van der Waals surface area contributed by atoms with E-state index < -0.39 is 33.2 Å². The molecule has 2 heterocycles. The number of piperazine rings is 1. The van der Waals surface area contributed by atoms with Gasteiger partial charge in [0.1, 0.15) is 18.0 Å². The Morgan fingerprint density at radius 1 is 1.06 bits per heavy atom. The maximum atomic E-state index is 13.3. The zero-order chi connectivity index (χ0) is 37.5. The number of anilines is 1. The molecule has 1 saturated heterocycles. The van der Waals surface area contributed by atoms with Gasteiger partial charge in [-0.1, -0.05) is 36.7 Å². The van der Waals surface area contributed by atoms with Crippen LogP contribution in [0.4, 0.5) is 14.5 Å². The van der Waals surface area contributed by atoms with Gasteiger partial charge in [0.2, 0.25) is 10.0 Å². The third-order valence-corrected chi connectivity index (χ3v) is 12.9. The van der Waals surface area contributed by atoms with Crippen molar-refractivity contribution in [1.82, 2.24) is 14.5 Å². The first-order chi connectivity index (χ1) is 24.8. The van der Waals surface area contributed by atoms with Crippen molar-refractivity contribution in [2.45, 2.75) is 83.2 Å². The summed E-state index contributed by atoms with van der Waals surface area (Å²) in [6.45, 7) is 10.0. The van der Waals surface area contributed by atoms with Crippen molar-refractivity contribution in [2.75, 3.05) is 64.4 Å². The average molecular weight is 765 g/mol. The number of benzene rings is 2. The molecule has 1 aliphatic carbocycles. The summed E-state index contributed by atoms with van der Waals surface area (Å²) in [7, 11) is -2.05. The molecule has 2 fully saturated rings. The minimum absolute atomic E-state index is 0.193. The normalized spacial score (nSPS) is 21.9. The molecular formula is C39H55ClF2N4O5S. The first-order valence-corrected chi connectivity index (χ1v) is 20.6. The van der Waals surface area contributed by atoms with Gasteiger partial charge in [0.25, 0.3) is 12.3 Å². The van der Waals surface area contributed by atoms with Gasteiger partial charge in [-0.3, -0.25) is 14.6 Å². The molecule has 0 radical (unpaired) electrons. The molecular weight excluding hydrogens is 710 g/mol. The molecule has 1 saturated carbocycles. The number of hydrogen-bond donors (Lipinski definition) is 1. The van der Waals surface area contributed by atoms with E-state index in [9.17, 15) is 22.0 Å². The Hall–Kier alpha value is -2.77. The maximum Gasteiger partial charge on any atom is 0.264 e. The standard InChI is InChI=1S/C39H55ClF2N4O5S/c1-5-6-16-39(50-4,27-45-20-18-44(19-21-45)25-37(41)42)34-14-11-31(34)24-46-17-8-7-9-29-22-33(40)13-10-32(29)26-51-36-15-12-30(23-35(36)46)38(47)43-52(48,49)28(2)3/h6,10,12-13,15-16,22-23,28,31,34,37H,5,7-9,11,14,17-21,24-27H2,1-4H3,(H,43,47)/b16-6+/t31-,34+,39-/m0/s1. The molecule has 3 aliphatic rings. The van der Waals surface area contributed by atoms with E-state index in [1.807, 2.05) is 23.1 Å². The molecule has 3 atom stereocenters. The second-order valence-electron chi connectivity index (χ2n) is 14.7. The number of hydrogen-bond acceptors (Lipinski definition) is 8. The number of nitrogens with zero attached hydrogens (tertiary/aromatic N) is 3. The smallest absolute Gasteiger partial charge is 0.264 e. The number of fused-ring (bicyclic) bond motifs is 2. The molecule has 0 aromatic heterocycles. The maximum absolute atomic E-state index is 13.3. The summed E-state index contributed by atoms with van der Waals surface area (Å²) in [5.41, 5.74) is 2.65. The number of nitrogens with one attached hydrogen (secondary N) is 1. The summed E-state index contributed by atoms with van der Waals surface area (Å²) < 4.78 is 66.6. The van der Waals surface area contributed by atoms with E-state index in [1.165, 1.54) is 13.8 Å². The monoisotopic (exact) mass is 764 g/mol. The largest absolute Gasteiger partial charge is 0.487 e. The SMILES string of the molecule is CC/C=C/[C@@](CN1CCN(CC(F)F)CC1)(OC)[C@@H]1CC[C@H]1CN1CCCCc2cc(Cl)ccc2COc2ccc(C(=O)NS(=O)(=O)C(C)C)cc21. The van der Waals surface area contributed by atoms with Gasteiger partial charge in [-0.05, 0) is 106 Å². The van der Waals surface area contributed by atoms with Crippen LogP contribution >= 0.6 is 11.6 Å². The van der Waals surface area contributed by atoms with Gasteiger partial charge >= 0.3 is 0 Å². The first-order valence-electron chi connectivity index (χ1n) is 18.6. The number of halogens is 3. The Balaban J connectivity index is 1.43. The lowest BCUT2D eigenvalue weighted by Crippen LogP contribution is -2.58. The Bertz CT molecular complexity index is 1650. The van der Waals surface area contributed by atoms with Crippen molar-refractivity contribution in [3.8, 4) is 5.75 Å². The van der Waals surface area contributed by atoms with E-state index in [4.69, 9.17) is 21.1 Å². The van der Waals surface area contributed by atoms with E-state index in [0.29, 0.717) is 63.2 Å². The van der Waals surface area contributed by atoms with E-state index >= 15 is 0 Å². The van der Waals surface area contributed by atoms with E-state index in [1.54, 1.807) is 25.3 Å². The van der Waals surface area contributed by atoms with Crippen LogP contribution in [0, 0.1) is 11.8 Å². The Morgan fingerprint density at radius 2 is 1.81 bits per heavy atom. The lowest BCUT2D eigenvalue weighted by molar-refractivity contribution is -0.0962. The van der Waals surface area contributed by atoms with Crippen LogP contribution in [0.5, 0.6) is 5.75 Å². The van der Waals surface area contributed by atoms with Crippen molar-refractivity contribution in [2.24, 2.45) is 11.8 Å². The molecule has 2 aromatic carbocycles. The molecule has 0 unspecified atom stereocenters. The van der Waals surface area contributed by atoms with E-state index in [-0.39, 0.29) is 23.9 Å². The molecule has 13 heteroatoms. The summed E-state index contributed by atoms with van der Waals surface area (Å²) in [6.07, 6.45) is 7.58. The fourth-order valence-electron chi connectivity index (χ4n) is 7.67. The highest BCUT2D eigenvalue weighted by molar-refractivity contribution is 7.90. The van der Waals surface area contributed by atoms with Crippen LogP contribution in [0.2, 0.25) is 5.02 Å². The lowest BCUT2D eigenvalue weighted by atomic mass is 9.64. The molecule has 2 aromatic rings. The van der Waals surface area contributed by atoms with Crippen molar-refractivity contribution >= 4 is 33.2 Å². The van der Waals surface area contributed by atoms with Gasteiger partial charge in [-0.2, -0.15) is 0 Å². The number of sulfonamides is 1. The third kappa shape index (κ3) is 10.0. The van der Waals surface area contributed by atoms with Gasteiger partial charge in [-0.25, -0.2) is 21.9 Å². The highest BCUT2D eigenvalue weighted by Gasteiger charge is 2.48. The van der Waals surface area contributed by atoms with E-state index in [0.717, 1.165) is 55.3 Å². The molecule has 0 spiro atoms. The topological polar surface area (TPSA) is 91.4 Å². The fourth-order valence-corrected chi connectivity index (χ4v) is 8.48. The Labute approximate surface area is 313 Å². The highest BCUT2D eigenvalue weighted by Crippen LogP contribution is 2.46. The van der Waals surface area contributed by atoms with Crippen molar-refractivity contribution < 1.29 is 31.5 Å². The summed E-state index contributed by atoms with van der Waals surface area (Å²) in [5.74, 6) is 0.405.